The highest BCUT2D eigenvalue weighted by Gasteiger charge is 2.35. The summed E-state index contributed by atoms with van der Waals surface area (Å²) >= 11 is 0. The maximum absolute atomic E-state index is 13.3. The van der Waals surface area contributed by atoms with Gasteiger partial charge in [0.1, 0.15) is 0 Å². The number of carbonyl (C=O) groups is 2. The summed E-state index contributed by atoms with van der Waals surface area (Å²) in [6.45, 7) is 1.68. The normalized spacial score (nSPS) is 11.8. The Morgan fingerprint density at radius 1 is 1.09 bits per heavy atom. The molecule has 1 heterocycles. The first-order chi connectivity index (χ1) is 15.8. The predicted octanol–water partition coefficient (Wildman–Crippen LogP) is 4.06. The molecule has 0 aliphatic carbocycles. The van der Waals surface area contributed by atoms with Crippen LogP contribution in [0.4, 0.5) is 18.0 Å². The van der Waals surface area contributed by atoms with Gasteiger partial charge in [-0.15, -0.1) is 0 Å². The smallest absolute Gasteiger partial charge is 0.450 e. The molecule has 0 unspecified atom stereocenters. The summed E-state index contributed by atoms with van der Waals surface area (Å²) in [7, 11) is -4.49. The lowest BCUT2D eigenvalue weighted by Crippen LogP contribution is -2.37. The van der Waals surface area contributed by atoms with Gasteiger partial charge in [-0.3, -0.25) is 4.79 Å². The second-order valence-electron chi connectivity index (χ2n) is 7.10. The van der Waals surface area contributed by atoms with E-state index < -0.39 is 45.6 Å². The average molecular weight is 497 g/mol. The predicted molar refractivity (Wildman–Crippen MR) is 112 cm³/mol. The van der Waals surface area contributed by atoms with Gasteiger partial charge in [-0.25, -0.2) is 17.9 Å². The van der Waals surface area contributed by atoms with Crippen LogP contribution in [-0.2, 0) is 25.7 Å². The standard InChI is InChI=1S/C21H18F3N3O6S/c1-13-3-5-15(6-4-13)18-11-19(21(22,23)24)25-27(18)16-7-9-17(10-8-16)34(31,32)26(14(2)28)12-33-20(29)30/h3-11H,12H2,1-2H3,(H,29,30). The Labute approximate surface area is 192 Å². The highest BCUT2D eigenvalue weighted by atomic mass is 32.2. The fourth-order valence-electron chi connectivity index (χ4n) is 2.98. The van der Waals surface area contributed by atoms with Crippen molar-refractivity contribution in [3.8, 4) is 16.9 Å². The molecule has 0 fully saturated rings. The molecule has 1 N–H and O–H groups in total. The topological polar surface area (TPSA) is 119 Å². The maximum Gasteiger partial charge on any atom is 0.507 e. The zero-order valence-electron chi connectivity index (χ0n) is 17.8. The molecule has 0 aliphatic rings. The van der Waals surface area contributed by atoms with Crippen LogP contribution in [0.5, 0.6) is 0 Å². The first kappa shape index (κ1) is 24.8. The van der Waals surface area contributed by atoms with E-state index in [1.807, 2.05) is 6.92 Å². The Balaban J connectivity index is 2.04. The van der Waals surface area contributed by atoms with E-state index in [1.165, 1.54) is 12.1 Å². The molecule has 0 bridgehead atoms. The Hall–Kier alpha value is -3.87. The van der Waals surface area contributed by atoms with Crippen LogP contribution in [0.3, 0.4) is 0 Å². The number of ether oxygens (including phenoxy) is 1. The van der Waals surface area contributed by atoms with Crippen molar-refractivity contribution in [3.05, 3.63) is 65.9 Å². The van der Waals surface area contributed by atoms with Crippen molar-refractivity contribution in [1.29, 1.82) is 0 Å². The molecule has 0 aliphatic heterocycles. The van der Waals surface area contributed by atoms with Crippen molar-refractivity contribution in [2.75, 3.05) is 6.73 Å². The lowest BCUT2D eigenvalue weighted by Gasteiger charge is -2.20. The van der Waals surface area contributed by atoms with Gasteiger partial charge in [-0.2, -0.15) is 22.6 Å². The van der Waals surface area contributed by atoms with Crippen molar-refractivity contribution in [2.24, 2.45) is 0 Å². The molecule has 13 heteroatoms. The van der Waals surface area contributed by atoms with Crippen LogP contribution in [-0.4, -0.2) is 46.4 Å². The third kappa shape index (κ3) is 5.20. The molecule has 0 saturated carbocycles. The number of hydrogen-bond acceptors (Lipinski definition) is 6. The van der Waals surface area contributed by atoms with E-state index in [1.54, 1.807) is 24.3 Å². The van der Waals surface area contributed by atoms with Gasteiger partial charge in [-0.05, 0) is 37.3 Å². The minimum atomic E-state index is -4.71. The van der Waals surface area contributed by atoms with Gasteiger partial charge in [0, 0.05) is 12.5 Å². The molecule has 180 valence electrons. The van der Waals surface area contributed by atoms with Crippen LogP contribution < -0.4 is 0 Å². The third-order valence-corrected chi connectivity index (χ3v) is 6.48. The Kier molecular flexibility index (Phi) is 6.68. The molecule has 3 aromatic rings. The molecule has 0 spiro atoms. The second-order valence-corrected chi connectivity index (χ2v) is 8.96. The maximum atomic E-state index is 13.3. The number of sulfonamides is 1. The summed E-state index contributed by atoms with van der Waals surface area (Å²) in [4.78, 5) is 21.9. The van der Waals surface area contributed by atoms with E-state index >= 15 is 0 Å². The Bertz CT molecular complexity index is 1320. The molecule has 0 atom stereocenters. The number of hydrogen-bond donors (Lipinski definition) is 1. The van der Waals surface area contributed by atoms with Gasteiger partial charge in [0.05, 0.1) is 16.3 Å². The highest BCUT2D eigenvalue weighted by Crippen LogP contribution is 2.33. The minimum Gasteiger partial charge on any atom is -0.450 e. The van der Waals surface area contributed by atoms with E-state index in [-0.39, 0.29) is 15.7 Å². The quantitative estimate of drug-likeness (QED) is 0.403. The molecular formula is C21H18F3N3O6S. The fraction of sp³-hybridized carbons (Fsp3) is 0.190. The number of aryl methyl sites for hydroxylation is 1. The molecule has 1 aromatic heterocycles. The van der Waals surface area contributed by atoms with Crippen molar-refractivity contribution < 1.29 is 41.0 Å². The first-order valence-corrected chi connectivity index (χ1v) is 11.0. The van der Waals surface area contributed by atoms with Crippen LogP contribution in [0.25, 0.3) is 16.9 Å². The number of aromatic nitrogens is 2. The number of benzene rings is 2. The second kappa shape index (κ2) is 9.17. The van der Waals surface area contributed by atoms with E-state index in [2.05, 4.69) is 9.84 Å². The highest BCUT2D eigenvalue weighted by molar-refractivity contribution is 7.89. The summed E-state index contributed by atoms with van der Waals surface area (Å²) < 4.78 is 71.0. The third-order valence-electron chi connectivity index (χ3n) is 4.67. The number of carboxylic acid groups (broad SMARTS) is 1. The van der Waals surface area contributed by atoms with Gasteiger partial charge in [0.2, 0.25) is 5.91 Å². The zero-order chi connectivity index (χ0) is 25.3. The number of carbonyl (C=O) groups excluding carboxylic acids is 1. The first-order valence-electron chi connectivity index (χ1n) is 9.54. The van der Waals surface area contributed by atoms with E-state index in [4.69, 9.17) is 5.11 Å². The summed E-state index contributed by atoms with van der Waals surface area (Å²) in [5, 5.41) is 12.2. The zero-order valence-corrected chi connectivity index (χ0v) is 18.6. The van der Waals surface area contributed by atoms with Crippen LogP contribution in [0.15, 0.2) is 59.5 Å². The molecule has 0 saturated heterocycles. The number of amides is 1. The Morgan fingerprint density at radius 3 is 2.18 bits per heavy atom. The average Bonchev–Trinajstić information content (AvgIpc) is 3.20. The SMILES string of the molecule is CC(=O)N(COC(=O)O)S(=O)(=O)c1ccc(-n2nc(C(F)(F)F)cc2-c2ccc(C)cc2)cc1. The van der Waals surface area contributed by atoms with E-state index in [0.717, 1.165) is 35.4 Å². The molecule has 3 rings (SSSR count). The lowest BCUT2D eigenvalue weighted by atomic mass is 10.1. The van der Waals surface area contributed by atoms with E-state index in [0.29, 0.717) is 5.56 Å². The van der Waals surface area contributed by atoms with Gasteiger partial charge in [0.25, 0.3) is 10.0 Å². The monoisotopic (exact) mass is 497 g/mol. The fourth-order valence-corrected chi connectivity index (χ4v) is 4.24. The van der Waals surface area contributed by atoms with Crippen LogP contribution in [0, 0.1) is 6.92 Å². The molecule has 2 aromatic carbocycles. The van der Waals surface area contributed by atoms with Gasteiger partial charge < -0.3 is 9.84 Å². The molecule has 9 nitrogen and oxygen atoms in total. The summed E-state index contributed by atoms with van der Waals surface area (Å²) in [5.41, 5.74) is 0.485. The summed E-state index contributed by atoms with van der Waals surface area (Å²) in [6.07, 6.45) is -6.49. The molecular weight excluding hydrogens is 479 g/mol. The minimum absolute atomic E-state index is 0.126. The number of alkyl halides is 3. The number of rotatable bonds is 6. The van der Waals surface area contributed by atoms with Crippen molar-refractivity contribution in [1.82, 2.24) is 14.1 Å². The molecule has 1 amide bonds. The van der Waals surface area contributed by atoms with Crippen LogP contribution in [0.2, 0.25) is 0 Å². The van der Waals surface area contributed by atoms with Crippen molar-refractivity contribution >= 4 is 22.1 Å². The number of halogens is 3. The molecule has 34 heavy (non-hydrogen) atoms. The van der Waals surface area contributed by atoms with Gasteiger partial charge in [0.15, 0.2) is 12.4 Å². The van der Waals surface area contributed by atoms with Gasteiger partial charge >= 0.3 is 12.3 Å². The van der Waals surface area contributed by atoms with Crippen molar-refractivity contribution in [3.63, 3.8) is 0 Å². The van der Waals surface area contributed by atoms with Crippen molar-refractivity contribution in [2.45, 2.75) is 24.9 Å². The van der Waals surface area contributed by atoms with Crippen LogP contribution in [0.1, 0.15) is 18.2 Å². The Morgan fingerprint density at radius 2 is 1.68 bits per heavy atom. The molecule has 0 radical (unpaired) electrons. The van der Waals surface area contributed by atoms with Gasteiger partial charge in [-0.1, -0.05) is 29.8 Å². The largest absolute Gasteiger partial charge is 0.507 e. The van der Waals surface area contributed by atoms with E-state index in [9.17, 15) is 31.2 Å². The lowest BCUT2D eigenvalue weighted by molar-refractivity contribution is -0.141. The number of nitrogens with zero attached hydrogens (tertiary/aromatic N) is 3. The summed E-state index contributed by atoms with van der Waals surface area (Å²) in [6, 6.07) is 12.2. The summed E-state index contributed by atoms with van der Waals surface area (Å²) in [5.74, 6) is -0.992. The van der Waals surface area contributed by atoms with Crippen LogP contribution >= 0.6 is 0 Å².